The Labute approximate surface area is 151 Å². The summed E-state index contributed by atoms with van der Waals surface area (Å²) in [5.41, 5.74) is 2.85. The van der Waals surface area contributed by atoms with Crippen LogP contribution < -0.4 is 5.32 Å². The van der Waals surface area contributed by atoms with Gasteiger partial charge in [-0.05, 0) is 34.7 Å². The quantitative estimate of drug-likeness (QED) is 0.520. The largest absolute Gasteiger partial charge is 0.506 e. The van der Waals surface area contributed by atoms with Crippen LogP contribution in [0.5, 0.6) is 5.75 Å². The van der Waals surface area contributed by atoms with Crippen LogP contribution in [0.3, 0.4) is 0 Å². The van der Waals surface area contributed by atoms with Crippen LogP contribution in [-0.4, -0.2) is 11.0 Å². The maximum Gasteiger partial charge on any atom is 0.259 e. The van der Waals surface area contributed by atoms with E-state index in [2.05, 4.69) is 5.32 Å². The Hall–Kier alpha value is -3.59. The van der Waals surface area contributed by atoms with Gasteiger partial charge in [-0.3, -0.25) is 4.79 Å². The Morgan fingerprint density at radius 3 is 2.00 bits per heavy atom. The molecule has 4 rings (SSSR count). The van der Waals surface area contributed by atoms with Gasteiger partial charge in [-0.15, -0.1) is 0 Å². The number of hydrogen-bond donors (Lipinski definition) is 2. The zero-order chi connectivity index (χ0) is 17.9. The predicted molar refractivity (Wildman–Crippen MR) is 105 cm³/mol. The number of amides is 1. The lowest BCUT2D eigenvalue weighted by Crippen LogP contribution is -2.12. The Bertz CT molecular complexity index is 1070. The van der Waals surface area contributed by atoms with Crippen molar-refractivity contribution in [1.29, 1.82) is 0 Å². The standard InChI is InChI=1S/C23H17NO2/c25-22-19-14-8-7-13-18(19)20(16-9-3-1-4-10-16)15-21(22)23(26)24-17-11-5-2-6-12-17/h1-15,25H,(H,24,26). The third-order valence-electron chi connectivity index (χ3n) is 4.38. The van der Waals surface area contributed by atoms with E-state index in [9.17, 15) is 9.90 Å². The number of carbonyl (C=O) groups is 1. The van der Waals surface area contributed by atoms with Gasteiger partial charge in [0.25, 0.3) is 5.91 Å². The van der Waals surface area contributed by atoms with Gasteiger partial charge in [0.2, 0.25) is 0 Å². The highest BCUT2D eigenvalue weighted by Crippen LogP contribution is 2.37. The smallest absolute Gasteiger partial charge is 0.259 e. The number of hydrogen-bond acceptors (Lipinski definition) is 2. The fourth-order valence-electron chi connectivity index (χ4n) is 3.11. The second kappa shape index (κ2) is 6.73. The third-order valence-corrected chi connectivity index (χ3v) is 4.38. The molecule has 3 nitrogen and oxygen atoms in total. The molecular weight excluding hydrogens is 322 g/mol. The normalized spacial score (nSPS) is 10.6. The van der Waals surface area contributed by atoms with Crippen molar-refractivity contribution in [3.63, 3.8) is 0 Å². The van der Waals surface area contributed by atoms with Gasteiger partial charge in [0.15, 0.2) is 0 Å². The van der Waals surface area contributed by atoms with Crippen LogP contribution in [0.25, 0.3) is 21.9 Å². The van der Waals surface area contributed by atoms with Crippen molar-refractivity contribution in [2.75, 3.05) is 5.32 Å². The molecule has 0 radical (unpaired) electrons. The zero-order valence-corrected chi connectivity index (χ0v) is 14.0. The van der Waals surface area contributed by atoms with E-state index in [1.807, 2.05) is 84.9 Å². The first-order chi connectivity index (χ1) is 12.7. The molecule has 0 heterocycles. The molecule has 0 unspecified atom stereocenters. The summed E-state index contributed by atoms with van der Waals surface area (Å²) in [7, 11) is 0. The van der Waals surface area contributed by atoms with Crippen LogP contribution in [0.4, 0.5) is 5.69 Å². The van der Waals surface area contributed by atoms with Gasteiger partial charge in [0.1, 0.15) is 5.75 Å². The molecule has 4 aromatic carbocycles. The van der Waals surface area contributed by atoms with Crippen molar-refractivity contribution in [2.45, 2.75) is 0 Å². The average molecular weight is 339 g/mol. The molecule has 0 aliphatic rings. The number of para-hydroxylation sites is 1. The van der Waals surface area contributed by atoms with Crippen molar-refractivity contribution in [1.82, 2.24) is 0 Å². The summed E-state index contributed by atoms with van der Waals surface area (Å²) in [5, 5.41) is 15.1. The van der Waals surface area contributed by atoms with Gasteiger partial charge in [-0.25, -0.2) is 0 Å². The van der Waals surface area contributed by atoms with Crippen molar-refractivity contribution in [3.05, 3.63) is 96.6 Å². The number of aromatic hydroxyl groups is 1. The topological polar surface area (TPSA) is 49.3 Å². The minimum Gasteiger partial charge on any atom is -0.506 e. The van der Waals surface area contributed by atoms with Crippen LogP contribution in [-0.2, 0) is 0 Å². The predicted octanol–water partition coefficient (Wildman–Crippen LogP) is 5.46. The molecule has 3 heteroatoms. The summed E-state index contributed by atoms with van der Waals surface area (Å²) in [6, 6.07) is 28.4. The lowest BCUT2D eigenvalue weighted by atomic mass is 9.94. The van der Waals surface area contributed by atoms with Gasteiger partial charge in [-0.1, -0.05) is 72.8 Å². The molecule has 1 amide bonds. The first kappa shape index (κ1) is 15.9. The number of phenolic OH excluding ortho intramolecular Hbond substituents is 1. The minimum atomic E-state index is -0.336. The maximum absolute atomic E-state index is 12.8. The second-order valence-corrected chi connectivity index (χ2v) is 6.05. The van der Waals surface area contributed by atoms with E-state index in [1.54, 1.807) is 6.07 Å². The molecule has 0 aliphatic heterocycles. The molecule has 26 heavy (non-hydrogen) atoms. The van der Waals surface area contributed by atoms with Gasteiger partial charge in [0, 0.05) is 11.1 Å². The maximum atomic E-state index is 12.8. The number of fused-ring (bicyclic) bond motifs is 1. The van der Waals surface area contributed by atoms with Crippen LogP contribution in [0.15, 0.2) is 91.0 Å². The van der Waals surface area contributed by atoms with Crippen LogP contribution in [0, 0.1) is 0 Å². The molecule has 4 aromatic rings. The SMILES string of the molecule is O=C(Nc1ccccc1)c1cc(-c2ccccc2)c2ccccc2c1O. The fraction of sp³-hybridized carbons (Fsp3) is 0. The highest BCUT2D eigenvalue weighted by molar-refractivity contribution is 6.13. The van der Waals surface area contributed by atoms with Crippen molar-refractivity contribution < 1.29 is 9.90 Å². The third kappa shape index (κ3) is 2.91. The highest BCUT2D eigenvalue weighted by Gasteiger charge is 2.18. The van der Waals surface area contributed by atoms with E-state index < -0.39 is 0 Å². The lowest BCUT2D eigenvalue weighted by Gasteiger charge is -2.13. The fourth-order valence-corrected chi connectivity index (χ4v) is 3.11. The van der Waals surface area contributed by atoms with E-state index in [-0.39, 0.29) is 17.2 Å². The van der Waals surface area contributed by atoms with Gasteiger partial charge in [0.05, 0.1) is 5.56 Å². The average Bonchev–Trinajstić information content (AvgIpc) is 2.70. The number of benzene rings is 4. The van der Waals surface area contributed by atoms with Crippen molar-refractivity contribution >= 4 is 22.4 Å². The van der Waals surface area contributed by atoms with Crippen molar-refractivity contribution in [2.24, 2.45) is 0 Å². The summed E-state index contributed by atoms with van der Waals surface area (Å²) in [6.07, 6.45) is 0. The summed E-state index contributed by atoms with van der Waals surface area (Å²) >= 11 is 0. The van der Waals surface area contributed by atoms with Crippen LogP contribution in [0.2, 0.25) is 0 Å². The van der Waals surface area contributed by atoms with E-state index in [0.29, 0.717) is 11.1 Å². The molecule has 0 saturated carbocycles. The van der Waals surface area contributed by atoms with Crippen LogP contribution >= 0.6 is 0 Å². The lowest BCUT2D eigenvalue weighted by molar-refractivity contribution is 0.102. The Morgan fingerprint density at radius 1 is 0.731 bits per heavy atom. The molecule has 0 aromatic heterocycles. The Kier molecular flexibility index (Phi) is 4.12. The Morgan fingerprint density at radius 2 is 1.31 bits per heavy atom. The summed E-state index contributed by atoms with van der Waals surface area (Å²) in [5.74, 6) is -0.342. The first-order valence-corrected chi connectivity index (χ1v) is 8.40. The molecule has 126 valence electrons. The molecule has 0 spiro atoms. The molecule has 0 aliphatic carbocycles. The van der Waals surface area contributed by atoms with E-state index in [0.717, 1.165) is 16.5 Å². The van der Waals surface area contributed by atoms with Gasteiger partial charge < -0.3 is 10.4 Å². The van der Waals surface area contributed by atoms with Gasteiger partial charge in [-0.2, -0.15) is 0 Å². The molecule has 0 saturated heterocycles. The van der Waals surface area contributed by atoms with Crippen molar-refractivity contribution in [3.8, 4) is 16.9 Å². The molecule has 2 N–H and O–H groups in total. The number of rotatable bonds is 3. The highest BCUT2D eigenvalue weighted by atomic mass is 16.3. The van der Waals surface area contributed by atoms with Crippen LogP contribution in [0.1, 0.15) is 10.4 Å². The summed E-state index contributed by atoms with van der Waals surface area (Å²) < 4.78 is 0. The molecule has 0 bridgehead atoms. The first-order valence-electron chi connectivity index (χ1n) is 8.40. The number of phenols is 1. The number of carbonyl (C=O) groups excluding carboxylic acids is 1. The number of anilines is 1. The van der Waals surface area contributed by atoms with E-state index in [4.69, 9.17) is 0 Å². The molecule has 0 fully saturated rings. The monoisotopic (exact) mass is 339 g/mol. The van der Waals surface area contributed by atoms with Gasteiger partial charge >= 0.3 is 0 Å². The second-order valence-electron chi connectivity index (χ2n) is 6.05. The van der Waals surface area contributed by atoms with E-state index in [1.165, 1.54) is 0 Å². The molecule has 0 atom stereocenters. The minimum absolute atomic E-state index is 0.00582. The number of nitrogens with one attached hydrogen (secondary N) is 1. The molecular formula is C23H17NO2. The van der Waals surface area contributed by atoms with E-state index >= 15 is 0 Å². The Balaban J connectivity index is 1.87. The summed E-state index contributed by atoms with van der Waals surface area (Å²) in [4.78, 5) is 12.8. The zero-order valence-electron chi connectivity index (χ0n) is 14.0. The summed E-state index contributed by atoms with van der Waals surface area (Å²) in [6.45, 7) is 0.